The third-order valence-corrected chi connectivity index (χ3v) is 5.31. The highest BCUT2D eigenvalue weighted by Gasteiger charge is 2.29. The van der Waals surface area contributed by atoms with Crippen LogP contribution in [0.15, 0.2) is 30.5 Å². The Balaban J connectivity index is 2.25. The summed E-state index contributed by atoms with van der Waals surface area (Å²) in [6, 6.07) is 3.88. The van der Waals surface area contributed by atoms with Crippen LogP contribution < -0.4 is 16.4 Å². The lowest BCUT2D eigenvalue weighted by Crippen LogP contribution is -2.47. The SMILES string of the molecule is CCC(CC)C(=O)NC(CC(=O)NC(Cc1cn(C)nn1)C(N)=O)c1ccccc1[N+](=O)[O-]. The Morgan fingerprint density at radius 2 is 1.85 bits per heavy atom. The molecule has 0 spiro atoms. The Kier molecular flexibility index (Phi) is 9.01. The lowest BCUT2D eigenvalue weighted by Gasteiger charge is -2.23. The number of benzene rings is 1. The number of hydrogen-bond donors (Lipinski definition) is 3. The van der Waals surface area contributed by atoms with Gasteiger partial charge in [-0.3, -0.25) is 29.2 Å². The van der Waals surface area contributed by atoms with Gasteiger partial charge < -0.3 is 16.4 Å². The van der Waals surface area contributed by atoms with Crippen molar-refractivity contribution in [2.75, 3.05) is 0 Å². The fourth-order valence-corrected chi connectivity index (χ4v) is 3.50. The molecule has 2 unspecified atom stereocenters. The van der Waals surface area contributed by atoms with Crippen molar-refractivity contribution in [2.24, 2.45) is 18.7 Å². The first-order valence-corrected chi connectivity index (χ1v) is 10.6. The van der Waals surface area contributed by atoms with Crippen molar-refractivity contribution < 1.29 is 19.3 Å². The molecule has 1 aromatic carbocycles. The Hall–Kier alpha value is -3.83. The topological polar surface area (TPSA) is 175 Å². The molecule has 0 saturated heterocycles. The minimum Gasteiger partial charge on any atom is -0.368 e. The summed E-state index contributed by atoms with van der Waals surface area (Å²) in [5.74, 6) is -1.97. The maximum absolute atomic E-state index is 12.8. The zero-order chi connectivity index (χ0) is 24.5. The van der Waals surface area contributed by atoms with E-state index in [4.69, 9.17) is 5.73 Å². The Morgan fingerprint density at radius 3 is 2.39 bits per heavy atom. The number of nitro groups is 1. The molecule has 3 amide bonds. The molecule has 0 fully saturated rings. The summed E-state index contributed by atoms with van der Waals surface area (Å²) >= 11 is 0. The molecule has 12 nitrogen and oxygen atoms in total. The van der Waals surface area contributed by atoms with Gasteiger partial charge in [0.05, 0.1) is 28.6 Å². The molecular weight excluding hydrogens is 430 g/mol. The molecule has 2 rings (SSSR count). The number of nitrogens with two attached hydrogens (primary N) is 1. The Bertz CT molecular complexity index is 1000. The van der Waals surface area contributed by atoms with E-state index in [1.54, 1.807) is 19.3 Å². The quantitative estimate of drug-likeness (QED) is 0.312. The molecule has 2 aromatic rings. The van der Waals surface area contributed by atoms with E-state index in [9.17, 15) is 24.5 Å². The van der Waals surface area contributed by atoms with E-state index in [0.717, 1.165) is 0 Å². The lowest BCUT2D eigenvalue weighted by atomic mass is 9.97. The first-order valence-electron chi connectivity index (χ1n) is 10.6. The van der Waals surface area contributed by atoms with Crippen LogP contribution in [0.4, 0.5) is 5.69 Å². The molecule has 1 aromatic heterocycles. The highest BCUT2D eigenvalue weighted by Crippen LogP contribution is 2.28. The standard InChI is InChI=1S/C21H29N7O5/c1-4-13(5-2)21(31)24-16(15-8-6-7-9-18(15)28(32)33)11-19(29)23-17(20(22)30)10-14-12-27(3)26-25-14/h6-9,12-13,16-17H,4-5,10-11H2,1-3H3,(H2,22,30)(H,23,29)(H,24,31). The normalized spacial score (nSPS) is 12.7. The molecule has 1 heterocycles. The van der Waals surface area contributed by atoms with Crippen LogP contribution in [0.3, 0.4) is 0 Å². The van der Waals surface area contributed by atoms with Crippen molar-refractivity contribution in [1.82, 2.24) is 25.6 Å². The van der Waals surface area contributed by atoms with E-state index in [2.05, 4.69) is 20.9 Å². The molecule has 33 heavy (non-hydrogen) atoms. The van der Waals surface area contributed by atoms with Crippen molar-refractivity contribution in [2.45, 2.75) is 51.6 Å². The molecule has 12 heteroatoms. The Labute approximate surface area is 191 Å². The lowest BCUT2D eigenvalue weighted by molar-refractivity contribution is -0.385. The number of nitro benzene ring substituents is 1. The molecule has 2 atom stereocenters. The van der Waals surface area contributed by atoms with Crippen molar-refractivity contribution >= 4 is 23.4 Å². The summed E-state index contributed by atoms with van der Waals surface area (Å²) in [6.45, 7) is 3.73. The smallest absolute Gasteiger partial charge is 0.274 e. The van der Waals surface area contributed by atoms with E-state index >= 15 is 0 Å². The summed E-state index contributed by atoms with van der Waals surface area (Å²) in [5.41, 5.74) is 5.87. The van der Waals surface area contributed by atoms with E-state index < -0.39 is 28.8 Å². The van der Waals surface area contributed by atoms with E-state index in [1.165, 1.54) is 22.9 Å². The highest BCUT2D eigenvalue weighted by molar-refractivity contribution is 5.87. The number of nitrogens with zero attached hydrogens (tertiary/aromatic N) is 4. The number of carbonyl (C=O) groups is 3. The average Bonchev–Trinajstić information content (AvgIpc) is 3.18. The largest absolute Gasteiger partial charge is 0.368 e. The van der Waals surface area contributed by atoms with Gasteiger partial charge >= 0.3 is 0 Å². The first kappa shape index (κ1) is 25.4. The summed E-state index contributed by atoms with van der Waals surface area (Å²) in [5, 5.41) is 24.5. The van der Waals surface area contributed by atoms with Crippen LogP contribution in [0.5, 0.6) is 0 Å². The molecule has 0 aliphatic carbocycles. The number of rotatable bonds is 12. The maximum atomic E-state index is 12.8. The van der Waals surface area contributed by atoms with E-state index in [0.29, 0.717) is 18.5 Å². The predicted octanol–water partition coefficient (Wildman–Crippen LogP) is 0.920. The second-order valence-corrected chi connectivity index (χ2v) is 7.70. The Morgan fingerprint density at radius 1 is 1.18 bits per heavy atom. The van der Waals surface area contributed by atoms with Crippen LogP contribution in [-0.4, -0.2) is 43.7 Å². The van der Waals surface area contributed by atoms with Gasteiger partial charge in [-0.2, -0.15) is 0 Å². The number of hydrogen-bond acceptors (Lipinski definition) is 7. The van der Waals surface area contributed by atoms with Gasteiger partial charge in [-0.15, -0.1) is 5.10 Å². The van der Waals surface area contributed by atoms with Gasteiger partial charge in [0.15, 0.2) is 0 Å². The highest BCUT2D eigenvalue weighted by atomic mass is 16.6. The predicted molar refractivity (Wildman–Crippen MR) is 119 cm³/mol. The van der Waals surface area contributed by atoms with E-state index in [-0.39, 0.29) is 35.9 Å². The maximum Gasteiger partial charge on any atom is 0.274 e. The molecule has 0 aliphatic rings. The summed E-state index contributed by atoms with van der Waals surface area (Å²) in [4.78, 5) is 48.4. The van der Waals surface area contributed by atoms with Gasteiger partial charge in [-0.25, -0.2) is 0 Å². The number of primary amides is 1. The van der Waals surface area contributed by atoms with Crippen molar-refractivity contribution in [3.63, 3.8) is 0 Å². The zero-order valence-corrected chi connectivity index (χ0v) is 18.9. The zero-order valence-electron chi connectivity index (χ0n) is 18.9. The van der Waals surface area contributed by atoms with E-state index in [1.807, 2.05) is 13.8 Å². The third kappa shape index (κ3) is 7.09. The number of aryl methyl sites for hydroxylation is 1. The van der Waals surface area contributed by atoms with Gasteiger partial charge in [0, 0.05) is 31.6 Å². The summed E-state index contributed by atoms with van der Waals surface area (Å²) < 4.78 is 1.45. The minimum atomic E-state index is -1.06. The molecule has 0 bridgehead atoms. The fraction of sp³-hybridized carbons (Fsp3) is 0.476. The number of aromatic nitrogens is 3. The van der Waals surface area contributed by atoms with Crippen LogP contribution in [-0.2, 0) is 27.9 Å². The monoisotopic (exact) mass is 459 g/mol. The first-order chi connectivity index (χ1) is 15.7. The molecule has 0 saturated carbocycles. The third-order valence-electron chi connectivity index (χ3n) is 5.31. The molecule has 4 N–H and O–H groups in total. The number of amides is 3. The molecule has 0 radical (unpaired) electrons. The van der Waals surface area contributed by atoms with Crippen LogP contribution in [0.1, 0.15) is 50.4 Å². The molecule has 0 aliphatic heterocycles. The summed E-state index contributed by atoms with van der Waals surface area (Å²) in [6.07, 6.45) is 2.47. The molecular formula is C21H29N7O5. The second kappa shape index (κ2) is 11.7. The van der Waals surface area contributed by atoms with Crippen LogP contribution in [0.2, 0.25) is 0 Å². The number of nitrogens with one attached hydrogen (secondary N) is 2. The van der Waals surface area contributed by atoms with Crippen molar-refractivity contribution in [3.05, 3.63) is 51.8 Å². The number of carbonyl (C=O) groups excluding carboxylic acids is 3. The van der Waals surface area contributed by atoms with Gasteiger partial charge in [0.2, 0.25) is 17.7 Å². The van der Waals surface area contributed by atoms with Crippen LogP contribution in [0.25, 0.3) is 0 Å². The summed E-state index contributed by atoms with van der Waals surface area (Å²) in [7, 11) is 1.66. The average molecular weight is 460 g/mol. The van der Waals surface area contributed by atoms with Crippen molar-refractivity contribution in [1.29, 1.82) is 0 Å². The van der Waals surface area contributed by atoms with Gasteiger partial charge in [0.25, 0.3) is 5.69 Å². The number of para-hydroxylation sites is 1. The van der Waals surface area contributed by atoms with Gasteiger partial charge in [-0.05, 0) is 12.8 Å². The van der Waals surface area contributed by atoms with Gasteiger partial charge in [-0.1, -0.05) is 37.3 Å². The van der Waals surface area contributed by atoms with Gasteiger partial charge in [0.1, 0.15) is 6.04 Å². The van der Waals surface area contributed by atoms with Crippen LogP contribution in [0, 0.1) is 16.0 Å². The second-order valence-electron chi connectivity index (χ2n) is 7.70. The fourth-order valence-electron chi connectivity index (χ4n) is 3.50. The van der Waals surface area contributed by atoms with Crippen LogP contribution >= 0.6 is 0 Å². The minimum absolute atomic E-state index is 0.0329. The molecule has 178 valence electrons. The van der Waals surface area contributed by atoms with Crippen molar-refractivity contribution in [3.8, 4) is 0 Å².